The van der Waals surface area contributed by atoms with Crippen molar-refractivity contribution in [2.75, 3.05) is 7.11 Å². The molecule has 0 saturated carbocycles. The Morgan fingerprint density at radius 3 is 2.55 bits per heavy atom. The number of aldehydes is 1. The molecule has 0 saturated heterocycles. The molecule has 1 aromatic heterocycles. The van der Waals surface area contributed by atoms with Crippen LogP contribution in [0.15, 0.2) is 48.7 Å². The summed E-state index contributed by atoms with van der Waals surface area (Å²) < 4.78 is 19.6. The van der Waals surface area contributed by atoms with Crippen LogP contribution in [0.2, 0.25) is 0 Å². The van der Waals surface area contributed by atoms with Crippen molar-refractivity contribution in [2.24, 2.45) is 0 Å². The minimum atomic E-state index is -0.509. The molecule has 0 radical (unpaired) electrons. The van der Waals surface area contributed by atoms with Crippen LogP contribution in [-0.2, 0) is 4.74 Å². The fourth-order valence-electron chi connectivity index (χ4n) is 2.50. The highest BCUT2D eigenvalue weighted by atomic mass is 19.1. The maximum Gasteiger partial charge on any atom is 0.338 e. The van der Waals surface area contributed by atoms with Crippen molar-refractivity contribution >= 4 is 23.2 Å². The molecular weight excluding hydrogens is 285 g/mol. The van der Waals surface area contributed by atoms with Gasteiger partial charge in [0, 0.05) is 22.8 Å². The quantitative estimate of drug-likeness (QED) is 0.550. The summed E-state index contributed by atoms with van der Waals surface area (Å²) in [6.07, 6.45) is 2.31. The molecule has 22 heavy (non-hydrogen) atoms. The van der Waals surface area contributed by atoms with Gasteiger partial charge in [0.2, 0.25) is 0 Å². The standard InChI is InChI=1S/C17H12FNO3/c1-22-17(21)14-3-2-4-15-16(14)11(10-20)9-19(15)13-7-5-12(18)6-8-13/h2-10H,1H3. The first-order valence-corrected chi connectivity index (χ1v) is 6.59. The zero-order chi connectivity index (χ0) is 15.7. The summed E-state index contributed by atoms with van der Waals surface area (Å²) in [5.74, 6) is -0.850. The molecule has 110 valence electrons. The van der Waals surface area contributed by atoms with Gasteiger partial charge in [0.25, 0.3) is 0 Å². The predicted molar refractivity (Wildman–Crippen MR) is 80.0 cm³/mol. The average Bonchev–Trinajstić information content (AvgIpc) is 2.93. The molecule has 0 aliphatic rings. The van der Waals surface area contributed by atoms with Crippen LogP contribution in [0.4, 0.5) is 4.39 Å². The largest absolute Gasteiger partial charge is 0.465 e. The minimum Gasteiger partial charge on any atom is -0.465 e. The lowest BCUT2D eigenvalue weighted by Gasteiger charge is -2.06. The van der Waals surface area contributed by atoms with E-state index in [4.69, 9.17) is 4.74 Å². The number of carbonyl (C=O) groups excluding carboxylic acids is 2. The van der Waals surface area contributed by atoms with E-state index in [-0.39, 0.29) is 5.82 Å². The van der Waals surface area contributed by atoms with Gasteiger partial charge in [-0.25, -0.2) is 9.18 Å². The van der Waals surface area contributed by atoms with Crippen molar-refractivity contribution in [3.8, 4) is 5.69 Å². The van der Waals surface area contributed by atoms with E-state index in [9.17, 15) is 14.0 Å². The van der Waals surface area contributed by atoms with Crippen molar-refractivity contribution in [3.63, 3.8) is 0 Å². The number of benzene rings is 2. The fourth-order valence-corrected chi connectivity index (χ4v) is 2.50. The van der Waals surface area contributed by atoms with Crippen molar-refractivity contribution in [3.05, 3.63) is 65.6 Å². The van der Waals surface area contributed by atoms with Gasteiger partial charge in [-0.2, -0.15) is 0 Å². The van der Waals surface area contributed by atoms with Crippen LogP contribution >= 0.6 is 0 Å². The average molecular weight is 297 g/mol. The molecule has 0 aliphatic heterocycles. The second kappa shape index (κ2) is 5.44. The number of hydrogen-bond acceptors (Lipinski definition) is 3. The molecule has 1 heterocycles. The zero-order valence-electron chi connectivity index (χ0n) is 11.7. The summed E-state index contributed by atoms with van der Waals surface area (Å²) >= 11 is 0. The molecule has 0 aliphatic carbocycles. The SMILES string of the molecule is COC(=O)c1cccc2c1c(C=O)cn2-c1ccc(F)cc1. The highest BCUT2D eigenvalue weighted by Gasteiger charge is 2.17. The van der Waals surface area contributed by atoms with Crippen molar-refractivity contribution < 1.29 is 18.7 Å². The number of aromatic nitrogens is 1. The van der Waals surface area contributed by atoms with E-state index in [1.54, 1.807) is 41.1 Å². The van der Waals surface area contributed by atoms with Crippen molar-refractivity contribution in [1.82, 2.24) is 4.57 Å². The Morgan fingerprint density at radius 1 is 1.18 bits per heavy atom. The number of carbonyl (C=O) groups is 2. The van der Waals surface area contributed by atoms with Crippen LogP contribution in [0.3, 0.4) is 0 Å². The summed E-state index contributed by atoms with van der Waals surface area (Å²) in [7, 11) is 1.29. The first-order valence-electron chi connectivity index (χ1n) is 6.59. The van der Waals surface area contributed by atoms with Crippen LogP contribution in [0.5, 0.6) is 0 Å². The van der Waals surface area contributed by atoms with Gasteiger partial charge in [0.1, 0.15) is 5.82 Å². The highest BCUT2D eigenvalue weighted by molar-refractivity contribution is 6.10. The van der Waals surface area contributed by atoms with Crippen LogP contribution in [0.25, 0.3) is 16.6 Å². The number of nitrogens with zero attached hydrogens (tertiary/aromatic N) is 1. The normalized spacial score (nSPS) is 10.6. The summed E-state index contributed by atoms with van der Waals surface area (Å²) in [5.41, 5.74) is 2.07. The smallest absolute Gasteiger partial charge is 0.338 e. The zero-order valence-corrected chi connectivity index (χ0v) is 11.7. The summed E-state index contributed by atoms with van der Waals surface area (Å²) in [4.78, 5) is 23.2. The van der Waals surface area contributed by atoms with E-state index >= 15 is 0 Å². The lowest BCUT2D eigenvalue weighted by Crippen LogP contribution is -2.02. The Kier molecular flexibility index (Phi) is 3.47. The van der Waals surface area contributed by atoms with Gasteiger partial charge >= 0.3 is 5.97 Å². The topological polar surface area (TPSA) is 48.3 Å². The predicted octanol–water partition coefficient (Wildman–Crippen LogP) is 3.37. The Labute approximate surface area is 125 Å². The third-order valence-electron chi connectivity index (χ3n) is 3.50. The van der Waals surface area contributed by atoms with Gasteiger partial charge in [-0.3, -0.25) is 4.79 Å². The maximum absolute atomic E-state index is 13.1. The molecule has 0 unspecified atom stereocenters. The molecule has 0 fully saturated rings. The van der Waals surface area contributed by atoms with Gasteiger partial charge in [-0.15, -0.1) is 0 Å². The molecule has 4 nitrogen and oxygen atoms in total. The van der Waals surface area contributed by atoms with E-state index in [0.29, 0.717) is 34.0 Å². The molecule has 0 bridgehead atoms. The first-order chi connectivity index (χ1) is 10.7. The van der Waals surface area contributed by atoms with E-state index in [2.05, 4.69) is 0 Å². The van der Waals surface area contributed by atoms with E-state index in [1.807, 2.05) is 0 Å². The van der Waals surface area contributed by atoms with E-state index in [0.717, 1.165) is 0 Å². The second-order valence-corrected chi connectivity index (χ2v) is 4.74. The maximum atomic E-state index is 13.1. The molecule has 0 N–H and O–H groups in total. The van der Waals surface area contributed by atoms with Crippen LogP contribution in [0.1, 0.15) is 20.7 Å². The fraction of sp³-hybridized carbons (Fsp3) is 0.0588. The molecule has 3 aromatic rings. The number of esters is 1. The van der Waals surface area contributed by atoms with Gasteiger partial charge in [-0.1, -0.05) is 6.07 Å². The molecule has 2 aromatic carbocycles. The summed E-state index contributed by atoms with van der Waals surface area (Å²) in [6.45, 7) is 0. The van der Waals surface area contributed by atoms with Gasteiger partial charge in [0.15, 0.2) is 6.29 Å². The van der Waals surface area contributed by atoms with Gasteiger partial charge in [-0.05, 0) is 36.4 Å². The van der Waals surface area contributed by atoms with Crippen LogP contribution in [-0.4, -0.2) is 23.9 Å². The molecule has 5 heteroatoms. The Morgan fingerprint density at radius 2 is 1.91 bits per heavy atom. The number of methoxy groups -OCH3 is 1. The molecule has 0 atom stereocenters. The number of ether oxygens (including phenoxy) is 1. The Bertz CT molecular complexity index is 865. The number of halogens is 1. The first kappa shape index (κ1) is 14.0. The summed E-state index contributed by atoms with van der Waals surface area (Å²) in [5, 5.41) is 0.522. The Hall–Kier alpha value is -2.95. The third kappa shape index (κ3) is 2.16. The van der Waals surface area contributed by atoms with E-state index in [1.165, 1.54) is 19.2 Å². The van der Waals surface area contributed by atoms with Gasteiger partial charge < -0.3 is 9.30 Å². The monoisotopic (exact) mass is 297 g/mol. The van der Waals surface area contributed by atoms with Gasteiger partial charge in [0.05, 0.1) is 18.2 Å². The number of rotatable bonds is 3. The second-order valence-electron chi connectivity index (χ2n) is 4.74. The summed E-state index contributed by atoms with van der Waals surface area (Å²) in [6, 6.07) is 11.0. The van der Waals surface area contributed by atoms with Crippen LogP contribution < -0.4 is 0 Å². The molecule has 3 rings (SSSR count). The molecule has 0 amide bonds. The minimum absolute atomic E-state index is 0.322. The number of fused-ring (bicyclic) bond motifs is 1. The molecule has 0 spiro atoms. The van der Waals surface area contributed by atoms with E-state index < -0.39 is 5.97 Å². The Balaban J connectivity index is 2.32. The third-order valence-corrected chi connectivity index (χ3v) is 3.50. The highest BCUT2D eigenvalue weighted by Crippen LogP contribution is 2.27. The van der Waals surface area contributed by atoms with Crippen molar-refractivity contribution in [1.29, 1.82) is 0 Å². The van der Waals surface area contributed by atoms with Crippen LogP contribution in [0, 0.1) is 5.82 Å². The lowest BCUT2D eigenvalue weighted by molar-refractivity contribution is 0.0603. The lowest BCUT2D eigenvalue weighted by atomic mass is 10.1. The number of hydrogen-bond donors (Lipinski definition) is 0. The van der Waals surface area contributed by atoms with Crippen molar-refractivity contribution in [2.45, 2.75) is 0 Å². The molecular formula is C17H12FNO3.